The minimum Gasteiger partial charge on any atom is -0.207 e. The number of aryl methyl sites for hydroxylation is 1. The first kappa shape index (κ1) is 20.9. The molecule has 0 radical (unpaired) electrons. The molecule has 0 unspecified atom stereocenters. The summed E-state index contributed by atoms with van der Waals surface area (Å²) in [7, 11) is -3.53. The van der Waals surface area contributed by atoms with Crippen LogP contribution in [0.1, 0.15) is 16.7 Å². The summed E-state index contributed by atoms with van der Waals surface area (Å²) in [6.07, 6.45) is 3.95. The highest BCUT2D eigenvalue weighted by molar-refractivity contribution is 7.89. The van der Waals surface area contributed by atoms with Gasteiger partial charge in [-0.25, -0.2) is 8.42 Å². The fourth-order valence-corrected chi connectivity index (χ4v) is 4.72. The molecule has 0 aromatic heterocycles. The van der Waals surface area contributed by atoms with E-state index in [9.17, 15) is 8.42 Å². The Balaban J connectivity index is 1.60. The van der Waals surface area contributed by atoms with Gasteiger partial charge in [0.15, 0.2) is 0 Å². The van der Waals surface area contributed by atoms with Gasteiger partial charge in [-0.2, -0.15) is 4.31 Å². The van der Waals surface area contributed by atoms with E-state index in [0.717, 1.165) is 27.8 Å². The zero-order valence-corrected chi connectivity index (χ0v) is 18.1. The van der Waals surface area contributed by atoms with Crippen molar-refractivity contribution in [1.82, 2.24) is 4.31 Å². The molecule has 1 aliphatic rings. The van der Waals surface area contributed by atoms with Gasteiger partial charge in [-0.3, -0.25) is 0 Å². The average Bonchev–Trinajstić information content (AvgIpc) is 3.28. The summed E-state index contributed by atoms with van der Waals surface area (Å²) in [6, 6.07) is 26.8. The van der Waals surface area contributed by atoms with Gasteiger partial charge in [-0.15, -0.1) is 0 Å². The molecule has 1 heterocycles. The van der Waals surface area contributed by atoms with Crippen molar-refractivity contribution in [2.45, 2.75) is 11.8 Å². The second-order valence-electron chi connectivity index (χ2n) is 7.43. The van der Waals surface area contributed by atoms with Crippen LogP contribution in [0.4, 0.5) is 0 Å². The third kappa shape index (κ3) is 5.03. The maximum absolute atomic E-state index is 13.0. The van der Waals surface area contributed by atoms with E-state index >= 15 is 0 Å². The summed E-state index contributed by atoms with van der Waals surface area (Å²) in [5, 5.41) is 0. The fraction of sp³-hybridized carbons (Fsp3) is 0.111. The van der Waals surface area contributed by atoms with Crippen LogP contribution in [-0.4, -0.2) is 25.8 Å². The SMILES string of the molecule is Cc1ccc(S(=O)(=O)N2CC=C(/C=C(\C#Cc3ccccc3)c3ccccc3)C2)cc1. The van der Waals surface area contributed by atoms with Crippen LogP contribution in [0.15, 0.2) is 108 Å². The molecular weight excluding hydrogens is 402 g/mol. The van der Waals surface area contributed by atoms with Gasteiger partial charge >= 0.3 is 0 Å². The molecule has 0 saturated heterocycles. The highest BCUT2D eigenvalue weighted by Crippen LogP contribution is 2.24. The molecule has 1 aliphatic heterocycles. The summed E-state index contributed by atoms with van der Waals surface area (Å²) in [6.45, 7) is 2.63. The zero-order chi connectivity index (χ0) is 21.7. The Morgan fingerprint density at radius 3 is 2.23 bits per heavy atom. The Morgan fingerprint density at radius 1 is 0.903 bits per heavy atom. The van der Waals surface area contributed by atoms with Crippen LogP contribution < -0.4 is 0 Å². The predicted octanol–water partition coefficient (Wildman–Crippen LogP) is 5.06. The lowest BCUT2D eigenvalue weighted by atomic mass is 10.0. The molecule has 0 bridgehead atoms. The van der Waals surface area contributed by atoms with E-state index < -0.39 is 10.0 Å². The second-order valence-corrected chi connectivity index (χ2v) is 9.37. The third-order valence-corrected chi connectivity index (χ3v) is 6.93. The van der Waals surface area contributed by atoms with E-state index in [1.54, 1.807) is 12.1 Å². The van der Waals surface area contributed by atoms with Gasteiger partial charge < -0.3 is 0 Å². The minimum atomic E-state index is -3.53. The summed E-state index contributed by atoms with van der Waals surface area (Å²) < 4.78 is 27.5. The first-order valence-electron chi connectivity index (χ1n) is 10.1. The standard InChI is InChI=1S/C27H23NO2S/c1-22-12-16-27(17-13-22)31(29,30)28-19-18-24(21-28)20-26(25-10-6-3-7-11-25)15-14-23-8-4-2-5-9-23/h2-13,16-18,20H,19,21H2,1H3/b26-20+. The van der Waals surface area contributed by atoms with Crippen molar-refractivity contribution in [3.05, 3.63) is 119 Å². The Hall–Kier alpha value is -3.39. The number of hydrogen-bond acceptors (Lipinski definition) is 2. The number of rotatable bonds is 4. The Bertz CT molecular complexity index is 1280. The van der Waals surface area contributed by atoms with Crippen molar-refractivity contribution in [2.75, 3.05) is 13.1 Å². The first-order chi connectivity index (χ1) is 15.0. The van der Waals surface area contributed by atoms with Gasteiger partial charge in [0.25, 0.3) is 0 Å². The van der Waals surface area contributed by atoms with Crippen LogP contribution in [0.5, 0.6) is 0 Å². The smallest absolute Gasteiger partial charge is 0.207 e. The molecule has 0 spiro atoms. The van der Waals surface area contributed by atoms with E-state index in [1.807, 2.05) is 91.9 Å². The Labute approximate surface area is 184 Å². The Kier molecular flexibility index (Phi) is 6.18. The summed E-state index contributed by atoms with van der Waals surface area (Å²) >= 11 is 0. The molecule has 3 nitrogen and oxygen atoms in total. The molecule has 3 aromatic rings. The number of hydrogen-bond donors (Lipinski definition) is 0. The van der Waals surface area contributed by atoms with Gasteiger partial charge in [0.2, 0.25) is 10.0 Å². The van der Waals surface area contributed by atoms with Gasteiger partial charge in [0.1, 0.15) is 0 Å². The monoisotopic (exact) mass is 425 g/mol. The highest BCUT2D eigenvalue weighted by atomic mass is 32.2. The molecule has 31 heavy (non-hydrogen) atoms. The number of sulfonamides is 1. The van der Waals surface area contributed by atoms with Crippen molar-refractivity contribution in [2.24, 2.45) is 0 Å². The van der Waals surface area contributed by atoms with E-state index in [1.165, 1.54) is 4.31 Å². The van der Waals surface area contributed by atoms with E-state index in [-0.39, 0.29) is 0 Å². The van der Waals surface area contributed by atoms with Crippen molar-refractivity contribution in [3.8, 4) is 11.8 Å². The van der Waals surface area contributed by atoms with Gasteiger partial charge in [0, 0.05) is 24.2 Å². The minimum absolute atomic E-state index is 0.323. The van der Waals surface area contributed by atoms with Gasteiger partial charge in [-0.05, 0) is 48.4 Å². The summed E-state index contributed by atoms with van der Waals surface area (Å²) in [5.41, 5.74) is 4.79. The van der Waals surface area contributed by atoms with E-state index in [0.29, 0.717) is 18.0 Å². The van der Waals surface area contributed by atoms with Crippen LogP contribution in [0.25, 0.3) is 5.57 Å². The van der Waals surface area contributed by atoms with E-state index in [2.05, 4.69) is 11.8 Å². The molecule has 0 fully saturated rings. The van der Waals surface area contributed by atoms with Crippen molar-refractivity contribution < 1.29 is 8.42 Å². The number of nitrogens with zero attached hydrogens (tertiary/aromatic N) is 1. The first-order valence-corrected chi connectivity index (χ1v) is 11.6. The third-order valence-electron chi connectivity index (χ3n) is 5.10. The highest BCUT2D eigenvalue weighted by Gasteiger charge is 2.27. The van der Waals surface area contributed by atoms with Crippen molar-refractivity contribution >= 4 is 15.6 Å². The molecule has 0 N–H and O–H groups in total. The Morgan fingerprint density at radius 2 is 1.55 bits per heavy atom. The molecule has 4 heteroatoms. The molecule has 154 valence electrons. The fourth-order valence-electron chi connectivity index (χ4n) is 3.35. The molecule has 0 atom stereocenters. The average molecular weight is 426 g/mol. The van der Waals surface area contributed by atoms with Crippen molar-refractivity contribution in [1.29, 1.82) is 0 Å². The lowest BCUT2D eigenvalue weighted by Crippen LogP contribution is -2.29. The van der Waals surface area contributed by atoms with Crippen molar-refractivity contribution in [3.63, 3.8) is 0 Å². The number of allylic oxidation sites excluding steroid dienone is 1. The molecular formula is C27H23NO2S. The maximum atomic E-state index is 13.0. The second kappa shape index (κ2) is 9.18. The van der Waals surface area contributed by atoms with Crippen LogP contribution in [0, 0.1) is 18.8 Å². The quantitative estimate of drug-likeness (QED) is 0.548. The lowest BCUT2D eigenvalue weighted by Gasteiger charge is -2.16. The van der Waals surface area contributed by atoms with Crippen LogP contribution in [0.2, 0.25) is 0 Å². The molecule has 4 rings (SSSR count). The van der Waals surface area contributed by atoms with Gasteiger partial charge in [-0.1, -0.05) is 84.1 Å². The summed E-state index contributed by atoms with van der Waals surface area (Å²) in [5.74, 6) is 6.49. The van der Waals surface area contributed by atoms with Crippen LogP contribution in [0.3, 0.4) is 0 Å². The molecule has 0 aliphatic carbocycles. The summed E-state index contributed by atoms with van der Waals surface area (Å²) in [4.78, 5) is 0.323. The molecule has 3 aromatic carbocycles. The lowest BCUT2D eigenvalue weighted by molar-refractivity contribution is 0.485. The predicted molar refractivity (Wildman–Crippen MR) is 126 cm³/mol. The van der Waals surface area contributed by atoms with Gasteiger partial charge in [0.05, 0.1) is 4.90 Å². The van der Waals surface area contributed by atoms with Crippen LogP contribution >= 0.6 is 0 Å². The largest absolute Gasteiger partial charge is 0.243 e. The number of benzene rings is 3. The maximum Gasteiger partial charge on any atom is 0.243 e. The molecule has 0 amide bonds. The topological polar surface area (TPSA) is 37.4 Å². The normalized spacial score (nSPS) is 14.6. The zero-order valence-electron chi connectivity index (χ0n) is 17.3. The molecule has 0 saturated carbocycles. The van der Waals surface area contributed by atoms with E-state index in [4.69, 9.17) is 0 Å². The van der Waals surface area contributed by atoms with Crippen LogP contribution in [-0.2, 0) is 10.0 Å².